The first kappa shape index (κ1) is 15.7. The molecule has 2 rings (SSSR count). The fourth-order valence-corrected chi connectivity index (χ4v) is 3.31. The normalized spacial score (nSPS) is 11.9. The summed E-state index contributed by atoms with van der Waals surface area (Å²) < 4.78 is 17.9. The van der Waals surface area contributed by atoms with E-state index in [1.165, 1.54) is 6.07 Å². The lowest BCUT2D eigenvalue weighted by Crippen LogP contribution is -2.02. The minimum Gasteiger partial charge on any atom is -0.497 e. The van der Waals surface area contributed by atoms with Gasteiger partial charge in [0.05, 0.1) is 29.2 Å². The molecule has 0 bridgehead atoms. The summed E-state index contributed by atoms with van der Waals surface area (Å²) in [5.41, 5.74) is 1.00. The molecule has 0 aliphatic carbocycles. The van der Waals surface area contributed by atoms with Gasteiger partial charge in [-0.1, -0.05) is 12.1 Å². The van der Waals surface area contributed by atoms with Crippen LogP contribution in [-0.4, -0.2) is 22.4 Å². The number of benzene rings is 2. The Morgan fingerprint density at radius 3 is 2.48 bits per heavy atom. The van der Waals surface area contributed by atoms with Gasteiger partial charge in [0.1, 0.15) is 5.75 Å². The van der Waals surface area contributed by atoms with Crippen LogP contribution in [0.3, 0.4) is 0 Å². The third-order valence-electron chi connectivity index (χ3n) is 2.89. The number of methoxy groups -OCH3 is 1. The van der Waals surface area contributed by atoms with Gasteiger partial charge >= 0.3 is 5.97 Å². The molecule has 4 nitrogen and oxygen atoms in total. The van der Waals surface area contributed by atoms with Crippen LogP contribution in [0, 0.1) is 0 Å². The van der Waals surface area contributed by atoms with Crippen LogP contribution in [0.25, 0.3) is 0 Å². The van der Waals surface area contributed by atoms with Crippen molar-refractivity contribution in [3.05, 3.63) is 58.1 Å². The molecular weight excluding hydrogens is 356 g/mol. The molecule has 0 aromatic heterocycles. The van der Waals surface area contributed by atoms with Gasteiger partial charge in [-0.2, -0.15) is 0 Å². The Labute approximate surface area is 133 Å². The largest absolute Gasteiger partial charge is 0.497 e. The standard InChI is InChI=1S/C15H13BrO4S/c1-20-11-4-2-10(3-5-11)9-21(19)12-6-7-14(16)13(8-12)15(17)18/h2-8H,9H2,1H3,(H,17,18). The van der Waals surface area contributed by atoms with Gasteiger partial charge in [-0.3, -0.25) is 4.21 Å². The van der Waals surface area contributed by atoms with E-state index in [2.05, 4.69) is 15.9 Å². The molecule has 0 saturated heterocycles. The first-order valence-corrected chi connectivity index (χ1v) is 8.16. The molecule has 0 aliphatic rings. The number of hydrogen-bond donors (Lipinski definition) is 1. The summed E-state index contributed by atoms with van der Waals surface area (Å²) in [6, 6.07) is 12.0. The predicted molar refractivity (Wildman–Crippen MR) is 84.2 cm³/mol. The van der Waals surface area contributed by atoms with Crippen molar-refractivity contribution in [3.63, 3.8) is 0 Å². The summed E-state index contributed by atoms with van der Waals surface area (Å²) >= 11 is 3.17. The minimum absolute atomic E-state index is 0.107. The van der Waals surface area contributed by atoms with Gasteiger partial charge in [0, 0.05) is 9.37 Å². The van der Waals surface area contributed by atoms with Gasteiger partial charge in [0.2, 0.25) is 0 Å². The van der Waals surface area contributed by atoms with Crippen molar-refractivity contribution >= 4 is 32.7 Å². The fourth-order valence-electron chi connectivity index (χ4n) is 1.77. The maximum atomic E-state index is 12.3. The SMILES string of the molecule is COc1ccc(CS(=O)c2ccc(Br)c(C(=O)O)c2)cc1. The molecule has 0 amide bonds. The van der Waals surface area contributed by atoms with E-state index in [0.717, 1.165) is 11.3 Å². The number of aromatic carboxylic acids is 1. The summed E-state index contributed by atoms with van der Waals surface area (Å²) in [6.07, 6.45) is 0. The van der Waals surface area contributed by atoms with Crippen LogP contribution in [0.1, 0.15) is 15.9 Å². The monoisotopic (exact) mass is 368 g/mol. The highest BCUT2D eigenvalue weighted by Gasteiger charge is 2.12. The molecule has 1 atom stereocenters. The fraction of sp³-hybridized carbons (Fsp3) is 0.133. The van der Waals surface area contributed by atoms with E-state index in [1.54, 1.807) is 31.4 Å². The van der Waals surface area contributed by atoms with Crippen LogP contribution in [0.2, 0.25) is 0 Å². The highest BCUT2D eigenvalue weighted by Crippen LogP contribution is 2.22. The first-order chi connectivity index (χ1) is 10.0. The van der Waals surface area contributed by atoms with Crippen molar-refractivity contribution in [1.29, 1.82) is 0 Å². The zero-order valence-corrected chi connectivity index (χ0v) is 13.6. The van der Waals surface area contributed by atoms with E-state index in [-0.39, 0.29) is 5.56 Å². The van der Waals surface area contributed by atoms with Gasteiger partial charge in [-0.25, -0.2) is 4.79 Å². The molecule has 1 N–H and O–H groups in total. The average molecular weight is 369 g/mol. The van der Waals surface area contributed by atoms with E-state index in [4.69, 9.17) is 9.84 Å². The number of halogens is 1. The van der Waals surface area contributed by atoms with Crippen molar-refractivity contribution in [3.8, 4) is 5.75 Å². The van der Waals surface area contributed by atoms with Crippen LogP contribution in [-0.2, 0) is 16.6 Å². The number of rotatable bonds is 5. The second-order valence-electron chi connectivity index (χ2n) is 4.28. The second-order valence-corrected chi connectivity index (χ2v) is 6.59. The smallest absolute Gasteiger partial charge is 0.336 e. The molecule has 0 saturated carbocycles. The highest BCUT2D eigenvalue weighted by molar-refractivity contribution is 9.10. The molecule has 0 heterocycles. The lowest BCUT2D eigenvalue weighted by Gasteiger charge is -2.06. The number of carboxylic acid groups (broad SMARTS) is 1. The van der Waals surface area contributed by atoms with Crippen LogP contribution < -0.4 is 4.74 Å². The molecule has 6 heteroatoms. The van der Waals surface area contributed by atoms with Gasteiger partial charge in [-0.05, 0) is 51.8 Å². The third kappa shape index (κ3) is 3.92. The summed E-state index contributed by atoms with van der Waals surface area (Å²) in [5, 5.41) is 9.08. The van der Waals surface area contributed by atoms with Crippen molar-refractivity contribution in [2.45, 2.75) is 10.6 Å². The van der Waals surface area contributed by atoms with Crippen LogP contribution >= 0.6 is 15.9 Å². The van der Waals surface area contributed by atoms with Crippen molar-refractivity contribution in [2.24, 2.45) is 0 Å². The Kier molecular flexibility index (Phi) is 5.14. The molecule has 2 aromatic rings. The Balaban J connectivity index is 2.19. The van der Waals surface area contributed by atoms with Gasteiger partial charge < -0.3 is 9.84 Å². The molecule has 110 valence electrons. The Morgan fingerprint density at radius 1 is 1.24 bits per heavy atom. The molecule has 0 spiro atoms. The van der Waals surface area contributed by atoms with E-state index < -0.39 is 16.8 Å². The van der Waals surface area contributed by atoms with Crippen LogP contribution in [0.15, 0.2) is 51.8 Å². The Bertz CT molecular complexity index is 683. The highest BCUT2D eigenvalue weighted by atomic mass is 79.9. The molecule has 1 unspecified atom stereocenters. The van der Waals surface area contributed by atoms with E-state index in [0.29, 0.717) is 15.1 Å². The topological polar surface area (TPSA) is 63.6 Å². The summed E-state index contributed by atoms with van der Waals surface area (Å²) in [4.78, 5) is 11.6. The minimum atomic E-state index is -1.30. The second kappa shape index (κ2) is 6.87. The van der Waals surface area contributed by atoms with Crippen molar-refractivity contribution in [2.75, 3.05) is 7.11 Å². The van der Waals surface area contributed by atoms with Gasteiger partial charge in [0.15, 0.2) is 0 Å². The Hall–Kier alpha value is -1.66. The van der Waals surface area contributed by atoms with Crippen molar-refractivity contribution < 1.29 is 18.8 Å². The first-order valence-electron chi connectivity index (χ1n) is 6.05. The number of carbonyl (C=O) groups is 1. The van der Waals surface area contributed by atoms with E-state index >= 15 is 0 Å². The van der Waals surface area contributed by atoms with Gasteiger partial charge in [-0.15, -0.1) is 0 Å². The molecule has 0 radical (unpaired) electrons. The van der Waals surface area contributed by atoms with Crippen molar-refractivity contribution in [1.82, 2.24) is 0 Å². The Morgan fingerprint density at radius 2 is 1.90 bits per heavy atom. The molecule has 0 aliphatic heterocycles. The van der Waals surface area contributed by atoms with E-state index in [1.807, 2.05) is 12.1 Å². The molecule has 21 heavy (non-hydrogen) atoms. The summed E-state index contributed by atoms with van der Waals surface area (Å²) in [6.45, 7) is 0. The van der Waals surface area contributed by atoms with E-state index in [9.17, 15) is 9.00 Å². The zero-order chi connectivity index (χ0) is 15.4. The molecule has 0 fully saturated rings. The number of carboxylic acids is 1. The van der Waals surface area contributed by atoms with Crippen LogP contribution in [0.5, 0.6) is 5.75 Å². The molecular formula is C15H13BrO4S. The third-order valence-corrected chi connectivity index (χ3v) is 4.95. The predicted octanol–water partition coefficient (Wildman–Crippen LogP) is 3.46. The molecule has 2 aromatic carbocycles. The summed E-state index contributed by atoms with van der Waals surface area (Å²) in [5.74, 6) is 0.0107. The lowest BCUT2D eigenvalue weighted by molar-refractivity contribution is 0.0695. The maximum absolute atomic E-state index is 12.3. The van der Waals surface area contributed by atoms with Gasteiger partial charge in [0.25, 0.3) is 0 Å². The summed E-state index contributed by atoms with van der Waals surface area (Å²) in [7, 11) is 0.283. The number of hydrogen-bond acceptors (Lipinski definition) is 3. The van der Waals surface area contributed by atoms with Crippen LogP contribution in [0.4, 0.5) is 0 Å². The zero-order valence-electron chi connectivity index (χ0n) is 11.2. The number of ether oxygens (including phenoxy) is 1. The lowest BCUT2D eigenvalue weighted by atomic mass is 10.2. The maximum Gasteiger partial charge on any atom is 0.336 e. The quantitative estimate of drug-likeness (QED) is 0.877. The average Bonchev–Trinajstić information content (AvgIpc) is 2.48.